The van der Waals surface area contributed by atoms with Crippen molar-refractivity contribution in [1.29, 1.82) is 0 Å². The van der Waals surface area contributed by atoms with E-state index in [9.17, 15) is 9.59 Å². The first-order valence-electron chi connectivity index (χ1n) is 12.9. The lowest BCUT2D eigenvalue weighted by Crippen LogP contribution is -1.87. The summed E-state index contributed by atoms with van der Waals surface area (Å²) in [6.07, 6.45) is 20.1. The molecule has 2 N–H and O–H groups in total. The van der Waals surface area contributed by atoms with Crippen molar-refractivity contribution < 1.29 is 19.8 Å². The smallest absolute Gasteiger partial charge is 0.192 e. The van der Waals surface area contributed by atoms with Crippen LogP contribution >= 0.6 is 0 Å². The van der Waals surface area contributed by atoms with Crippen LogP contribution in [0, 0.1) is 47.4 Å². The van der Waals surface area contributed by atoms with Gasteiger partial charge in [0.2, 0.25) is 0 Å². The van der Waals surface area contributed by atoms with Crippen LogP contribution in [0.5, 0.6) is 0 Å². The lowest BCUT2D eigenvalue weighted by atomic mass is 10.1. The number of ketones is 1. The highest BCUT2D eigenvalue weighted by molar-refractivity contribution is 5.87. The van der Waals surface area contributed by atoms with Gasteiger partial charge < -0.3 is 10.2 Å². The average molecular weight is 457 g/mol. The van der Waals surface area contributed by atoms with Crippen LogP contribution in [0.3, 0.4) is 0 Å². The number of carbonyl (C=O) groups is 2. The second-order valence-electron chi connectivity index (χ2n) is 9.44. The standard InChI is InChI=1S/C16H24O2.C13H20O2/c1-14(18)9-5-2-3-6-10-15-13-16(15)11-7-4-8-12-17;14-9-5-1-3-7-12-11-13(12)8-4-2-6-10-15/h5,9,15-17H,4,6-8,10-13H2,1H3;10,12-14H,1,3-5,7-9,11H2/b9-5+;/t15-,16+;12-,13+/m01/s1. The van der Waals surface area contributed by atoms with Gasteiger partial charge in [0.05, 0.1) is 0 Å². The minimum atomic E-state index is 0.0504. The maximum Gasteiger partial charge on any atom is 0.192 e. The van der Waals surface area contributed by atoms with Gasteiger partial charge in [0.1, 0.15) is 0 Å². The van der Waals surface area contributed by atoms with Crippen LogP contribution in [-0.2, 0) is 9.59 Å². The first-order chi connectivity index (χ1) is 16.1. The summed E-state index contributed by atoms with van der Waals surface area (Å²) in [5, 5.41) is 17.3. The third kappa shape index (κ3) is 17.3. The maximum absolute atomic E-state index is 10.6. The zero-order valence-electron chi connectivity index (χ0n) is 20.6. The van der Waals surface area contributed by atoms with E-state index in [2.05, 4.69) is 23.7 Å². The van der Waals surface area contributed by atoms with E-state index in [1.165, 1.54) is 57.9 Å². The molecular weight excluding hydrogens is 412 g/mol. The molecule has 0 radical (unpaired) electrons. The van der Waals surface area contributed by atoms with Gasteiger partial charge in [-0.1, -0.05) is 56.3 Å². The maximum atomic E-state index is 10.6. The van der Waals surface area contributed by atoms with E-state index in [1.54, 1.807) is 6.08 Å². The zero-order chi connectivity index (χ0) is 24.2. The van der Waals surface area contributed by atoms with Crippen molar-refractivity contribution in [2.75, 3.05) is 13.2 Å². The molecule has 0 aromatic rings. The van der Waals surface area contributed by atoms with Crippen LogP contribution in [-0.4, -0.2) is 35.5 Å². The molecule has 2 aliphatic carbocycles. The molecule has 2 saturated carbocycles. The predicted octanol–water partition coefficient (Wildman–Crippen LogP) is 5.26. The Bertz CT molecular complexity index is 688. The molecule has 2 aliphatic rings. The lowest BCUT2D eigenvalue weighted by Gasteiger charge is -1.98. The fourth-order valence-corrected chi connectivity index (χ4v) is 4.34. The highest BCUT2D eigenvalue weighted by Crippen LogP contribution is 2.46. The monoisotopic (exact) mass is 456 g/mol. The SMILES string of the molecule is CC(=O)/C=C/C#CCC[C@H]1C[C@H]1CCCCCO.O=CC#CCC[C@H]1C[C@H]1CCCCCO. The van der Waals surface area contributed by atoms with Gasteiger partial charge in [-0.15, -0.1) is 0 Å². The van der Waals surface area contributed by atoms with Crippen LogP contribution in [0.2, 0.25) is 0 Å². The largest absolute Gasteiger partial charge is 0.396 e. The molecule has 0 aromatic heterocycles. The second-order valence-corrected chi connectivity index (χ2v) is 9.44. The molecule has 0 aromatic carbocycles. The van der Waals surface area contributed by atoms with Crippen molar-refractivity contribution in [3.05, 3.63) is 12.2 Å². The fourth-order valence-electron chi connectivity index (χ4n) is 4.34. The summed E-state index contributed by atoms with van der Waals surface area (Å²) < 4.78 is 0. The molecule has 0 amide bonds. The van der Waals surface area contributed by atoms with E-state index < -0.39 is 0 Å². The third-order valence-corrected chi connectivity index (χ3v) is 6.55. The Kier molecular flexibility index (Phi) is 17.3. The number of aliphatic hydroxyl groups excluding tert-OH is 2. The minimum absolute atomic E-state index is 0.0504. The van der Waals surface area contributed by atoms with Gasteiger partial charge in [0.15, 0.2) is 12.1 Å². The normalized spacial score (nSPS) is 22.3. The Morgan fingerprint density at radius 2 is 1.24 bits per heavy atom. The van der Waals surface area contributed by atoms with Crippen molar-refractivity contribution in [2.24, 2.45) is 23.7 Å². The van der Waals surface area contributed by atoms with Gasteiger partial charge in [0, 0.05) is 26.1 Å². The minimum Gasteiger partial charge on any atom is -0.396 e. The molecule has 33 heavy (non-hydrogen) atoms. The molecule has 4 heteroatoms. The Labute approximate surface area is 201 Å². The van der Waals surface area contributed by atoms with Gasteiger partial charge in [-0.25, -0.2) is 0 Å². The molecule has 0 unspecified atom stereocenters. The van der Waals surface area contributed by atoms with Crippen molar-refractivity contribution in [3.8, 4) is 23.7 Å². The predicted molar refractivity (Wildman–Crippen MR) is 134 cm³/mol. The first kappa shape index (κ1) is 29.2. The summed E-state index contributed by atoms with van der Waals surface area (Å²) in [7, 11) is 0. The molecular formula is C29H44O4. The van der Waals surface area contributed by atoms with E-state index in [0.29, 0.717) is 19.5 Å². The van der Waals surface area contributed by atoms with Crippen molar-refractivity contribution in [3.63, 3.8) is 0 Å². The summed E-state index contributed by atoms with van der Waals surface area (Å²) >= 11 is 0. The number of aldehydes is 1. The number of allylic oxidation sites excluding steroid dienone is 2. The summed E-state index contributed by atoms with van der Waals surface area (Å²) in [4.78, 5) is 20.6. The fraction of sp³-hybridized carbons (Fsp3) is 0.724. The average Bonchev–Trinajstić information content (AvgIpc) is 3.72. The van der Waals surface area contributed by atoms with E-state index in [4.69, 9.17) is 10.2 Å². The molecule has 184 valence electrons. The molecule has 0 spiro atoms. The quantitative estimate of drug-likeness (QED) is 0.152. The molecule has 0 heterocycles. The van der Waals surface area contributed by atoms with Crippen molar-refractivity contribution in [1.82, 2.24) is 0 Å². The molecule has 0 bridgehead atoms. The van der Waals surface area contributed by atoms with Crippen LogP contribution in [0.4, 0.5) is 0 Å². The zero-order valence-corrected chi connectivity index (χ0v) is 20.6. The number of hydrogen-bond acceptors (Lipinski definition) is 4. The summed E-state index contributed by atoms with van der Waals surface area (Å²) in [6, 6.07) is 0. The Morgan fingerprint density at radius 1 is 0.758 bits per heavy atom. The highest BCUT2D eigenvalue weighted by Gasteiger charge is 2.35. The molecule has 0 aliphatic heterocycles. The van der Waals surface area contributed by atoms with Gasteiger partial charge >= 0.3 is 0 Å². The number of carbonyl (C=O) groups excluding carboxylic acids is 2. The Balaban J connectivity index is 0.000000335. The van der Waals surface area contributed by atoms with Crippen LogP contribution < -0.4 is 0 Å². The third-order valence-electron chi connectivity index (χ3n) is 6.55. The van der Waals surface area contributed by atoms with Crippen molar-refractivity contribution >= 4 is 12.1 Å². The number of rotatable bonds is 15. The van der Waals surface area contributed by atoms with Gasteiger partial charge in [-0.05, 0) is 87.2 Å². The van der Waals surface area contributed by atoms with Crippen molar-refractivity contribution in [2.45, 2.75) is 96.8 Å². The molecule has 4 nitrogen and oxygen atoms in total. The molecule has 2 rings (SSSR count). The second kappa shape index (κ2) is 19.6. The summed E-state index contributed by atoms with van der Waals surface area (Å²) in [5.74, 6) is 14.9. The Morgan fingerprint density at radius 3 is 1.70 bits per heavy atom. The van der Waals surface area contributed by atoms with Crippen LogP contribution in [0.25, 0.3) is 0 Å². The number of hydrogen-bond donors (Lipinski definition) is 2. The summed E-state index contributed by atoms with van der Waals surface area (Å²) in [6.45, 7) is 2.19. The van der Waals surface area contributed by atoms with E-state index in [0.717, 1.165) is 68.6 Å². The van der Waals surface area contributed by atoms with E-state index in [-0.39, 0.29) is 5.78 Å². The summed E-state index contributed by atoms with van der Waals surface area (Å²) in [5.41, 5.74) is 0. The van der Waals surface area contributed by atoms with Crippen LogP contribution in [0.1, 0.15) is 96.8 Å². The number of unbranched alkanes of at least 4 members (excludes halogenated alkanes) is 4. The highest BCUT2D eigenvalue weighted by atomic mass is 16.3. The van der Waals surface area contributed by atoms with Gasteiger partial charge in [-0.2, -0.15) is 0 Å². The molecule has 0 saturated heterocycles. The topological polar surface area (TPSA) is 74.6 Å². The first-order valence-corrected chi connectivity index (χ1v) is 12.9. The van der Waals surface area contributed by atoms with Gasteiger partial charge in [0.25, 0.3) is 0 Å². The Hall–Kier alpha value is -1.88. The number of aliphatic hydroxyl groups is 2. The molecule has 4 atom stereocenters. The van der Waals surface area contributed by atoms with E-state index in [1.807, 2.05) is 0 Å². The lowest BCUT2D eigenvalue weighted by molar-refractivity contribution is -0.112. The van der Waals surface area contributed by atoms with E-state index >= 15 is 0 Å². The van der Waals surface area contributed by atoms with Gasteiger partial charge in [-0.3, -0.25) is 9.59 Å². The molecule has 2 fully saturated rings. The van der Waals surface area contributed by atoms with Crippen LogP contribution in [0.15, 0.2) is 12.2 Å².